The number of carbonyl (C=O) groups excluding carboxylic acids is 1. The molecule has 1 N–H and O–H groups in total. The average molecular weight is 291 g/mol. The molecule has 0 saturated carbocycles. The van der Waals surface area contributed by atoms with Gasteiger partial charge in [0.1, 0.15) is 5.75 Å². The lowest BCUT2D eigenvalue weighted by atomic mass is 10.1. The van der Waals surface area contributed by atoms with E-state index in [9.17, 15) is 4.79 Å². The van der Waals surface area contributed by atoms with Gasteiger partial charge in [0, 0.05) is 12.1 Å². The molecule has 0 aromatic heterocycles. The Labute approximate surface area is 129 Å². The highest BCUT2D eigenvalue weighted by molar-refractivity contribution is 5.94. The monoisotopic (exact) mass is 291 g/mol. The predicted octanol–water partition coefficient (Wildman–Crippen LogP) is 3.78. The molecule has 3 nitrogen and oxygen atoms in total. The molecule has 1 amide bonds. The van der Waals surface area contributed by atoms with Crippen LogP contribution in [-0.4, -0.2) is 13.0 Å². The lowest BCUT2D eigenvalue weighted by molar-refractivity contribution is 0.0950. The minimum absolute atomic E-state index is 0.105. The highest BCUT2D eigenvalue weighted by Gasteiger charge is 2.06. The third-order valence-corrected chi connectivity index (χ3v) is 3.60. The Morgan fingerprint density at radius 2 is 1.77 bits per heavy atom. The summed E-state index contributed by atoms with van der Waals surface area (Å²) in [5, 5.41) is 5.31. The first-order chi connectivity index (χ1) is 10.8. The summed E-state index contributed by atoms with van der Waals surface area (Å²) >= 11 is 0. The molecule has 0 spiro atoms. The third kappa shape index (κ3) is 3.09. The molecule has 0 radical (unpaired) electrons. The zero-order valence-electron chi connectivity index (χ0n) is 12.4. The van der Waals surface area contributed by atoms with E-state index in [0.29, 0.717) is 17.9 Å². The van der Waals surface area contributed by atoms with Gasteiger partial charge in [0.2, 0.25) is 0 Å². The first-order valence-electron chi connectivity index (χ1n) is 7.16. The summed E-state index contributed by atoms with van der Waals surface area (Å²) < 4.78 is 5.14. The third-order valence-electron chi connectivity index (χ3n) is 3.60. The minimum atomic E-state index is -0.105. The van der Waals surface area contributed by atoms with Gasteiger partial charge in [-0.15, -0.1) is 0 Å². The maximum Gasteiger partial charge on any atom is 0.251 e. The van der Waals surface area contributed by atoms with Gasteiger partial charge in [0.25, 0.3) is 5.91 Å². The van der Waals surface area contributed by atoms with E-state index in [1.54, 1.807) is 19.2 Å². The first kappa shape index (κ1) is 14.1. The number of nitrogens with one attached hydrogen (secondary N) is 1. The molecule has 22 heavy (non-hydrogen) atoms. The Bertz CT molecular complexity index is 811. The normalized spacial score (nSPS) is 10.4. The van der Waals surface area contributed by atoms with Crippen LogP contribution in [0.1, 0.15) is 15.9 Å². The van der Waals surface area contributed by atoms with Crippen LogP contribution in [0.3, 0.4) is 0 Å². The van der Waals surface area contributed by atoms with Crippen molar-refractivity contribution in [3.63, 3.8) is 0 Å². The van der Waals surface area contributed by atoms with Crippen LogP contribution in [0, 0.1) is 0 Å². The van der Waals surface area contributed by atoms with Gasteiger partial charge in [-0.3, -0.25) is 4.79 Å². The molecule has 0 aliphatic heterocycles. The number of benzene rings is 3. The van der Waals surface area contributed by atoms with Gasteiger partial charge in [-0.2, -0.15) is 0 Å². The zero-order chi connectivity index (χ0) is 15.4. The van der Waals surface area contributed by atoms with Gasteiger partial charge in [-0.25, -0.2) is 0 Å². The smallest absolute Gasteiger partial charge is 0.251 e. The lowest BCUT2D eigenvalue weighted by Crippen LogP contribution is -2.22. The van der Waals surface area contributed by atoms with Crippen molar-refractivity contribution in [3.05, 3.63) is 77.9 Å². The van der Waals surface area contributed by atoms with Crippen molar-refractivity contribution in [1.82, 2.24) is 5.32 Å². The largest absolute Gasteiger partial charge is 0.497 e. The summed E-state index contributed by atoms with van der Waals surface area (Å²) in [6.07, 6.45) is 0. The quantitative estimate of drug-likeness (QED) is 0.794. The zero-order valence-corrected chi connectivity index (χ0v) is 12.4. The Morgan fingerprint density at radius 1 is 0.955 bits per heavy atom. The fourth-order valence-electron chi connectivity index (χ4n) is 2.40. The molecule has 0 aliphatic rings. The summed E-state index contributed by atoms with van der Waals surface area (Å²) in [5.41, 5.74) is 1.68. The number of ether oxygens (including phenoxy) is 1. The molecule has 3 rings (SSSR count). The Morgan fingerprint density at radius 3 is 2.59 bits per heavy atom. The van der Waals surface area contributed by atoms with Crippen LogP contribution in [0.5, 0.6) is 5.75 Å². The van der Waals surface area contributed by atoms with Crippen molar-refractivity contribution in [2.45, 2.75) is 6.54 Å². The van der Waals surface area contributed by atoms with E-state index in [0.717, 1.165) is 5.56 Å². The molecule has 110 valence electrons. The highest BCUT2D eigenvalue weighted by Crippen LogP contribution is 2.16. The van der Waals surface area contributed by atoms with E-state index in [-0.39, 0.29) is 5.91 Å². The van der Waals surface area contributed by atoms with Crippen LogP contribution in [0.2, 0.25) is 0 Å². The second-order valence-electron chi connectivity index (χ2n) is 5.10. The molecule has 3 aromatic carbocycles. The van der Waals surface area contributed by atoms with Gasteiger partial charge in [-0.05, 0) is 40.6 Å². The van der Waals surface area contributed by atoms with E-state index >= 15 is 0 Å². The molecule has 0 heterocycles. The summed E-state index contributed by atoms with van der Waals surface area (Å²) in [4.78, 5) is 12.2. The minimum Gasteiger partial charge on any atom is -0.497 e. The Kier molecular flexibility index (Phi) is 4.05. The van der Waals surface area contributed by atoms with Crippen molar-refractivity contribution in [2.24, 2.45) is 0 Å². The molecule has 0 atom stereocenters. The topological polar surface area (TPSA) is 38.3 Å². The van der Waals surface area contributed by atoms with Gasteiger partial charge < -0.3 is 10.1 Å². The molecular weight excluding hydrogens is 274 g/mol. The summed E-state index contributed by atoms with van der Waals surface area (Å²) in [7, 11) is 1.59. The fraction of sp³-hybridized carbons (Fsp3) is 0.105. The number of rotatable bonds is 4. The molecule has 3 aromatic rings. The number of amides is 1. The standard InChI is InChI=1S/C19H17NO2/c1-22-18-8-4-7-17(12-18)19(21)20-13-14-9-10-15-5-2-3-6-16(15)11-14/h2-12H,13H2,1H3,(H,20,21). The second-order valence-corrected chi connectivity index (χ2v) is 5.10. The Hall–Kier alpha value is -2.81. The van der Waals surface area contributed by atoms with Crippen molar-refractivity contribution in [1.29, 1.82) is 0 Å². The Balaban J connectivity index is 1.71. The summed E-state index contributed by atoms with van der Waals surface area (Å²) in [5.74, 6) is 0.574. The molecule has 0 bridgehead atoms. The maximum atomic E-state index is 12.2. The highest BCUT2D eigenvalue weighted by atomic mass is 16.5. The fourth-order valence-corrected chi connectivity index (χ4v) is 2.40. The second kappa shape index (κ2) is 6.31. The number of methoxy groups -OCH3 is 1. The van der Waals surface area contributed by atoms with Crippen LogP contribution in [-0.2, 0) is 6.54 Å². The SMILES string of the molecule is COc1cccc(C(=O)NCc2ccc3ccccc3c2)c1. The number of hydrogen-bond donors (Lipinski definition) is 1. The molecule has 0 unspecified atom stereocenters. The van der Waals surface area contributed by atoms with Crippen LogP contribution in [0.4, 0.5) is 0 Å². The number of hydrogen-bond acceptors (Lipinski definition) is 2. The number of carbonyl (C=O) groups is 1. The van der Waals surface area contributed by atoms with Crippen molar-refractivity contribution in [3.8, 4) is 5.75 Å². The predicted molar refractivity (Wildman–Crippen MR) is 88.1 cm³/mol. The van der Waals surface area contributed by atoms with E-state index in [4.69, 9.17) is 4.74 Å². The van der Waals surface area contributed by atoms with Crippen molar-refractivity contribution < 1.29 is 9.53 Å². The van der Waals surface area contributed by atoms with Gasteiger partial charge in [0.15, 0.2) is 0 Å². The van der Waals surface area contributed by atoms with E-state index in [1.807, 2.05) is 30.3 Å². The van der Waals surface area contributed by atoms with E-state index in [1.165, 1.54) is 10.8 Å². The molecule has 0 fully saturated rings. The maximum absolute atomic E-state index is 12.2. The molecule has 0 saturated heterocycles. The van der Waals surface area contributed by atoms with Gasteiger partial charge in [-0.1, -0.05) is 42.5 Å². The van der Waals surface area contributed by atoms with Crippen LogP contribution >= 0.6 is 0 Å². The molecule has 3 heteroatoms. The first-order valence-corrected chi connectivity index (χ1v) is 7.16. The van der Waals surface area contributed by atoms with Gasteiger partial charge in [0.05, 0.1) is 7.11 Å². The molecule has 0 aliphatic carbocycles. The summed E-state index contributed by atoms with van der Waals surface area (Å²) in [6, 6.07) is 21.5. The van der Waals surface area contributed by atoms with E-state index < -0.39 is 0 Å². The van der Waals surface area contributed by atoms with Gasteiger partial charge >= 0.3 is 0 Å². The number of fused-ring (bicyclic) bond motifs is 1. The van der Waals surface area contributed by atoms with E-state index in [2.05, 4.69) is 29.6 Å². The average Bonchev–Trinajstić information content (AvgIpc) is 2.59. The van der Waals surface area contributed by atoms with Crippen LogP contribution in [0.15, 0.2) is 66.7 Å². The van der Waals surface area contributed by atoms with Crippen molar-refractivity contribution >= 4 is 16.7 Å². The molecular formula is C19H17NO2. The summed E-state index contributed by atoms with van der Waals surface area (Å²) in [6.45, 7) is 0.501. The van der Waals surface area contributed by atoms with Crippen LogP contribution in [0.25, 0.3) is 10.8 Å². The van der Waals surface area contributed by atoms with Crippen LogP contribution < -0.4 is 10.1 Å². The lowest BCUT2D eigenvalue weighted by Gasteiger charge is -2.08. The van der Waals surface area contributed by atoms with Crippen molar-refractivity contribution in [2.75, 3.05) is 7.11 Å².